The van der Waals surface area contributed by atoms with Gasteiger partial charge in [0.25, 0.3) is 5.91 Å². The van der Waals surface area contributed by atoms with E-state index in [4.69, 9.17) is 9.26 Å². The molecular formula is C19H23N3O6S. The summed E-state index contributed by atoms with van der Waals surface area (Å²) < 4.78 is 37.2. The van der Waals surface area contributed by atoms with Gasteiger partial charge in [0.05, 0.1) is 0 Å². The maximum atomic E-state index is 13.0. The quantitative estimate of drug-likeness (QED) is 0.708. The monoisotopic (exact) mass is 421 g/mol. The minimum Gasteiger partial charge on any atom is -0.454 e. The zero-order chi connectivity index (χ0) is 21.2. The highest BCUT2D eigenvalue weighted by atomic mass is 32.2. The van der Waals surface area contributed by atoms with Crippen molar-refractivity contribution in [3.05, 3.63) is 41.3 Å². The first kappa shape index (κ1) is 21.0. The summed E-state index contributed by atoms with van der Waals surface area (Å²) in [6.07, 6.45) is 0.832. The van der Waals surface area contributed by atoms with Crippen molar-refractivity contribution in [2.24, 2.45) is 0 Å². The molecular weight excluding hydrogens is 398 g/mol. The molecule has 1 atom stereocenters. The van der Waals surface area contributed by atoms with Gasteiger partial charge in [-0.25, -0.2) is 8.42 Å². The summed E-state index contributed by atoms with van der Waals surface area (Å²) in [5.41, 5.74) is 1.81. The number of rotatable bonds is 6. The fourth-order valence-corrected chi connectivity index (χ4v) is 5.32. The van der Waals surface area contributed by atoms with Crippen LogP contribution in [0.15, 0.2) is 33.7 Å². The van der Waals surface area contributed by atoms with Crippen LogP contribution in [0.4, 0.5) is 5.69 Å². The number of hydrogen-bond donors (Lipinski definition) is 1. The van der Waals surface area contributed by atoms with E-state index in [0.717, 1.165) is 9.87 Å². The number of hydrogen-bond acceptors (Lipinski definition) is 7. The normalized spacial score (nSPS) is 17.3. The third-order valence-corrected chi connectivity index (χ3v) is 6.81. The van der Waals surface area contributed by atoms with Crippen LogP contribution in [0.3, 0.4) is 0 Å². The second kappa shape index (κ2) is 8.34. The fourth-order valence-electron chi connectivity index (χ4n) is 3.38. The predicted octanol–water partition coefficient (Wildman–Crippen LogP) is 1.93. The van der Waals surface area contributed by atoms with Crippen LogP contribution in [-0.2, 0) is 24.3 Å². The van der Waals surface area contributed by atoms with Gasteiger partial charge in [-0.3, -0.25) is 9.59 Å². The third-order valence-electron chi connectivity index (χ3n) is 4.66. The Balaban J connectivity index is 1.65. The number of benzene rings is 1. The van der Waals surface area contributed by atoms with Crippen molar-refractivity contribution in [3.8, 4) is 0 Å². The average Bonchev–Trinajstić information content (AvgIpc) is 3.27. The second-order valence-electron chi connectivity index (χ2n) is 6.95. The Bertz CT molecular complexity index is 1010. The van der Waals surface area contributed by atoms with Gasteiger partial charge in [-0.05, 0) is 51.3 Å². The van der Waals surface area contributed by atoms with E-state index in [-0.39, 0.29) is 22.9 Å². The van der Waals surface area contributed by atoms with Crippen molar-refractivity contribution in [2.75, 3.05) is 18.5 Å². The van der Waals surface area contributed by atoms with Crippen LogP contribution in [-0.4, -0.2) is 48.9 Å². The Morgan fingerprint density at radius 1 is 1.31 bits per heavy atom. The Kier molecular flexibility index (Phi) is 6.04. The van der Waals surface area contributed by atoms with Gasteiger partial charge in [-0.2, -0.15) is 4.31 Å². The standard InChI is InChI=1S/C19H23N3O6S/c1-12-6-4-7-15(10-12)20-17(23)11-27-19(24)16-8-5-9-22(16)29(25,26)18-13(2)21-28-14(18)3/h4,6-7,10,16H,5,8-9,11H2,1-3H3,(H,20,23)/t16-/m0/s1. The van der Waals surface area contributed by atoms with Crippen LogP contribution in [0, 0.1) is 20.8 Å². The maximum Gasteiger partial charge on any atom is 0.324 e. The van der Waals surface area contributed by atoms with Crippen molar-refractivity contribution in [2.45, 2.75) is 44.6 Å². The van der Waals surface area contributed by atoms with Gasteiger partial charge in [0.1, 0.15) is 16.6 Å². The molecule has 0 radical (unpaired) electrons. The highest BCUT2D eigenvalue weighted by molar-refractivity contribution is 7.89. The number of amides is 1. The molecule has 0 unspecified atom stereocenters. The first-order chi connectivity index (χ1) is 13.7. The van der Waals surface area contributed by atoms with Gasteiger partial charge in [0, 0.05) is 12.2 Å². The molecule has 1 N–H and O–H groups in total. The number of ether oxygens (including phenoxy) is 1. The summed E-state index contributed by atoms with van der Waals surface area (Å²) in [6, 6.07) is 6.22. The summed E-state index contributed by atoms with van der Waals surface area (Å²) in [6.45, 7) is 4.61. The SMILES string of the molecule is Cc1cccc(NC(=O)COC(=O)[C@@H]2CCCN2S(=O)(=O)c2c(C)noc2C)c1. The molecule has 156 valence electrons. The molecule has 29 heavy (non-hydrogen) atoms. The minimum absolute atomic E-state index is 0.0330. The molecule has 9 nitrogen and oxygen atoms in total. The van der Waals surface area contributed by atoms with Crippen molar-refractivity contribution < 1.29 is 27.3 Å². The van der Waals surface area contributed by atoms with Gasteiger partial charge >= 0.3 is 5.97 Å². The van der Waals surface area contributed by atoms with Gasteiger partial charge in [0.2, 0.25) is 10.0 Å². The molecule has 0 aliphatic carbocycles. The molecule has 1 fully saturated rings. The molecule has 0 saturated carbocycles. The van der Waals surface area contributed by atoms with Crippen LogP contribution in [0.2, 0.25) is 0 Å². The molecule has 10 heteroatoms. The fraction of sp³-hybridized carbons (Fsp3) is 0.421. The number of anilines is 1. The van der Waals surface area contributed by atoms with Crippen molar-refractivity contribution in [3.63, 3.8) is 0 Å². The molecule has 3 rings (SSSR count). The number of carbonyl (C=O) groups excluding carboxylic acids is 2. The summed E-state index contributed by atoms with van der Waals surface area (Å²) in [5, 5.41) is 6.32. The second-order valence-corrected chi connectivity index (χ2v) is 8.78. The van der Waals surface area contributed by atoms with Gasteiger partial charge in [-0.1, -0.05) is 17.3 Å². The lowest BCUT2D eigenvalue weighted by Gasteiger charge is -2.22. The molecule has 1 aliphatic rings. The zero-order valence-electron chi connectivity index (χ0n) is 16.5. The summed E-state index contributed by atoms with van der Waals surface area (Å²) in [4.78, 5) is 24.5. The molecule has 1 saturated heterocycles. The van der Waals surface area contributed by atoms with Crippen molar-refractivity contribution >= 4 is 27.6 Å². The molecule has 1 aliphatic heterocycles. The largest absolute Gasteiger partial charge is 0.454 e. The van der Waals surface area contributed by atoms with E-state index in [1.807, 2.05) is 13.0 Å². The van der Waals surface area contributed by atoms with Crippen LogP contribution < -0.4 is 5.32 Å². The highest BCUT2D eigenvalue weighted by Gasteiger charge is 2.42. The molecule has 2 heterocycles. The van der Waals surface area contributed by atoms with E-state index in [0.29, 0.717) is 18.5 Å². The number of nitrogens with zero attached hydrogens (tertiary/aromatic N) is 2. The van der Waals surface area contributed by atoms with Crippen LogP contribution in [0.1, 0.15) is 29.9 Å². The first-order valence-electron chi connectivity index (χ1n) is 9.18. The van der Waals surface area contributed by atoms with Crippen LogP contribution in [0.5, 0.6) is 0 Å². The third kappa shape index (κ3) is 4.48. The Morgan fingerprint density at radius 2 is 2.07 bits per heavy atom. The van der Waals surface area contributed by atoms with Crippen LogP contribution in [0.25, 0.3) is 0 Å². The molecule has 2 aromatic rings. The Hall–Kier alpha value is -2.72. The van der Waals surface area contributed by atoms with Gasteiger partial charge in [0.15, 0.2) is 12.4 Å². The number of carbonyl (C=O) groups is 2. The number of aryl methyl sites for hydroxylation is 3. The molecule has 1 aromatic heterocycles. The lowest BCUT2D eigenvalue weighted by Crippen LogP contribution is -2.42. The smallest absolute Gasteiger partial charge is 0.324 e. The summed E-state index contributed by atoms with van der Waals surface area (Å²) in [5.74, 6) is -1.08. The van der Waals surface area contributed by atoms with E-state index >= 15 is 0 Å². The number of sulfonamides is 1. The summed E-state index contributed by atoms with van der Waals surface area (Å²) >= 11 is 0. The summed E-state index contributed by atoms with van der Waals surface area (Å²) in [7, 11) is -3.97. The molecule has 0 spiro atoms. The van der Waals surface area contributed by atoms with Crippen molar-refractivity contribution in [1.82, 2.24) is 9.46 Å². The van der Waals surface area contributed by atoms with E-state index in [1.165, 1.54) is 13.8 Å². The van der Waals surface area contributed by atoms with Crippen LogP contribution >= 0.6 is 0 Å². The first-order valence-corrected chi connectivity index (χ1v) is 10.6. The topological polar surface area (TPSA) is 119 Å². The average molecular weight is 421 g/mol. The number of nitrogens with one attached hydrogen (secondary N) is 1. The predicted molar refractivity (Wildman–Crippen MR) is 104 cm³/mol. The lowest BCUT2D eigenvalue weighted by atomic mass is 10.2. The Morgan fingerprint density at radius 3 is 2.72 bits per heavy atom. The minimum atomic E-state index is -3.97. The van der Waals surface area contributed by atoms with Gasteiger partial charge in [-0.15, -0.1) is 0 Å². The Labute approximate surface area is 169 Å². The zero-order valence-corrected chi connectivity index (χ0v) is 17.3. The number of aromatic nitrogens is 1. The molecule has 1 aromatic carbocycles. The maximum absolute atomic E-state index is 13.0. The van der Waals surface area contributed by atoms with E-state index in [9.17, 15) is 18.0 Å². The lowest BCUT2D eigenvalue weighted by molar-refractivity contribution is -0.150. The van der Waals surface area contributed by atoms with E-state index in [1.54, 1.807) is 18.2 Å². The van der Waals surface area contributed by atoms with E-state index in [2.05, 4.69) is 10.5 Å². The number of esters is 1. The molecule has 0 bridgehead atoms. The van der Waals surface area contributed by atoms with E-state index < -0.39 is 34.5 Å². The van der Waals surface area contributed by atoms with Gasteiger partial charge < -0.3 is 14.6 Å². The highest BCUT2D eigenvalue weighted by Crippen LogP contribution is 2.30. The molecule has 1 amide bonds. The van der Waals surface area contributed by atoms with Crippen molar-refractivity contribution in [1.29, 1.82) is 0 Å².